The molecule has 0 radical (unpaired) electrons. The summed E-state index contributed by atoms with van der Waals surface area (Å²) in [4.78, 5) is 23.7. The van der Waals surface area contributed by atoms with Crippen LogP contribution >= 0.6 is 0 Å². The van der Waals surface area contributed by atoms with Crippen molar-refractivity contribution in [3.63, 3.8) is 0 Å². The van der Waals surface area contributed by atoms with Crippen molar-refractivity contribution >= 4 is 11.9 Å². The number of hydrogen-bond donors (Lipinski definition) is 2. The number of ether oxygens (including phenoxy) is 1. The summed E-state index contributed by atoms with van der Waals surface area (Å²) in [6.45, 7) is 5.80. The van der Waals surface area contributed by atoms with Crippen molar-refractivity contribution in [1.29, 1.82) is 0 Å². The summed E-state index contributed by atoms with van der Waals surface area (Å²) in [6.07, 6.45) is 2.18. The van der Waals surface area contributed by atoms with Crippen LogP contribution in [0, 0.1) is 0 Å². The number of carbonyl (C=O) groups excluding carboxylic acids is 1. The molecule has 3 N–H and O–H groups in total. The quantitative estimate of drug-likeness (QED) is 0.621. The molecule has 1 aromatic rings. The van der Waals surface area contributed by atoms with E-state index in [1.807, 2.05) is 0 Å². The zero-order valence-electron chi connectivity index (χ0n) is 12.8. The van der Waals surface area contributed by atoms with Crippen LogP contribution in [0.2, 0.25) is 0 Å². The van der Waals surface area contributed by atoms with Gasteiger partial charge in [0.25, 0.3) is 0 Å². The van der Waals surface area contributed by atoms with Crippen LogP contribution in [-0.2, 0) is 11.2 Å². The molecule has 0 atom stereocenters. The Morgan fingerprint density at radius 3 is 2.43 bits per heavy atom. The SMILES string of the molecule is CC(C)(C)OC(=O)c1cccc(CCCCN)c1C(=O)O. The fourth-order valence-electron chi connectivity index (χ4n) is 2.02. The van der Waals surface area contributed by atoms with Gasteiger partial charge < -0.3 is 15.6 Å². The zero-order chi connectivity index (χ0) is 16.0. The van der Waals surface area contributed by atoms with Crippen molar-refractivity contribution < 1.29 is 19.4 Å². The largest absolute Gasteiger partial charge is 0.478 e. The first kappa shape index (κ1) is 17.2. The third-order valence-electron chi connectivity index (χ3n) is 2.88. The van der Waals surface area contributed by atoms with Crippen molar-refractivity contribution in [2.24, 2.45) is 5.73 Å². The molecule has 0 aromatic heterocycles. The van der Waals surface area contributed by atoms with Crippen molar-refractivity contribution in [2.45, 2.75) is 45.6 Å². The van der Waals surface area contributed by atoms with E-state index in [-0.39, 0.29) is 11.1 Å². The highest BCUT2D eigenvalue weighted by molar-refractivity contribution is 6.03. The van der Waals surface area contributed by atoms with Crippen molar-refractivity contribution in [1.82, 2.24) is 0 Å². The lowest BCUT2D eigenvalue weighted by Gasteiger charge is -2.20. The molecule has 0 bridgehead atoms. The second kappa shape index (κ2) is 7.22. The third kappa shape index (κ3) is 5.19. The summed E-state index contributed by atoms with van der Waals surface area (Å²) in [5, 5.41) is 9.42. The number of benzene rings is 1. The number of nitrogens with two attached hydrogens (primary N) is 1. The van der Waals surface area contributed by atoms with Crippen LogP contribution in [0.25, 0.3) is 0 Å². The van der Waals surface area contributed by atoms with Crippen LogP contribution in [-0.4, -0.2) is 29.2 Å². The fraction of sp³-hybridized carbons (Fsp3) is 0.500. The van der Waals surface area contributed by atoms with Gasteiger partial charge in [0, 0.05) is 0 Å². The smallest absolute Gasteiger partial charge is 0.339 e. The van der Waals surface area contributed by atoms with Gasteiger partial charge in [0.1, 0.15) is 5.60 Å². The van der Waals surface area contributed by atoms with Gasteiger partial charge in [0.05, 0.1) is 11.1 Å². The summed E-state index contributed by atoms with van der Waals surface area (Å²) in [5.74, 6) is -1.72. The highest BCUT2D eigenvalue weighted by Gasteiger charge is 2.24. The molecule has 0 saturated carbocycles. The highest BCUT2D eigenvalue weighted by atomic mass is 16.6. The summed E-state index contributed by atoms with van der Waals surface area (Å²) in [5.41, 5.74) is 5.55. The maximum Gasteiger partial charge on any atom is 0.339 e. The number of aryl methyl sites for hydroxylation is 1. The lowest BCUT2D eigenvalue weighted by molar-refractivity contribution is 0.00656. The molecule has 116 valence electrons. The summed E-state index contributed by atoms with van der Waals surface area (Å²) < 4.78 is 5.27. The first-order valence-electron chi connectivity index (χ1n) is 7.05. The molecule has 5 heteroatoms. The molecule has 0 aliphatic heterocycles. The number of carbonyl (C=O) groups is 2. The van der Waals surface area contributed by atoms with Gasteiger partial charge in [-0.3, -0.25) is 0 Å². The number of carboxylic acids is 1. The van der Waals surface area contributed by atoms with Gasteiger partial charge in [-0.1, -0.05) is 12.1 Å². The van der Waals surface area contributed by atoms with E-state index < -0.39 is 17.5 Å². The molecule has 5 nitrogen and oxygen atoms in total. The van der Waals surface area contributed by atoms with Gasteiger partial charge >= 0.3 is 11.9 Å². The van der Waals surface area contributed by atoms with E-state index in [9.17, 15) is 14.7 Å². The molecule has 0 fully saturated rings. The molecule has 0 aliphatic rings. The van der Waals surface area contributed by atoms with Crippen molar-refractivity contribution in [3.05, 3.63) is 34.9 Å². The Morgan fingerprint density at radius 2 is 1.90 bits per heavy atom. The second-order valence-electron chi connectivity index (χ2n) is 5.89. The number of carboxylic acid groups (broad SMARTS) is 1. The molecule has 0 heterocycles. The molecule has 0 amide bonds. The zero-order valence-corrected chi connectivity index (χ0v) is 12.8. The summed E-state index contributed by atoms with van der Waals surface area (Å²) >= 11 is 0. The van der Waals surface area contributed by atoms with Crippen LogP contribution in [0.15, 0.2) is 18.2 Å². The Balaban J connectivity index is 3.11. The molecule has 1 rings (SSSR count). The van der Waals surface area contributed by atoms with Crippen LogP contribution in [0.3, 0.4) is 0 Å². The van der Waals surface area contributed by atoms with Crippen LogP contribution in [0.1, 0.15) is 59.9 Å². The molecular weight excluding hydrogens is 270 g/mol. The molecule has 0 saturated heterocycles. The van der Waals surface area contributed by atoms with E-state index in [0.717, 1.165) is 12.8 Å². The van der Waals surface area contributed by atoms with Gasteiger partial charge in [0.2, 0.25) is 0 Å². The fourth-order valence-corrected chi connectivity index (χ4v) is 2.02. The van der Waals surface area contributed by atoms with E-state index in [0.29, 0.717) is 18.5 Å². The van der Waals surface area contributed by atoms with E-state index >= 15 is 0 Å². The van der Waals surface area contributed by atoms with Crippen LogP contribution in [0.4, 0.5) is 0 Å². The Hall–Kier alpha value is -1.88. The van der Waals surface area contributed by atoms with Gasteiger partial charge in [-0.2, -0.15) is 0 Å². The predicted molar refractivity (Wildman–Crippen MR) is 80.6 cm³/mol. The highest BCUT2D eigenvalue weighted by Crippen LogP contribution is 2.20. The van der Waals surface area contributed by atoms with Crippen LogP contribution < -0.4 is 5.73 Å². The molecule has 1 aromatic carbocycles. The number of aromatic carboxylic acids is 1. The minimum atomic E-state index is -1.11. The molecule has 0 spiro atoms. The Labute approximate surface area is 125 Å². The monoisotopic (exact) mass is 293 g/mol. The van der Waals surface area contributed by atoms with E-state index in [4.69, 9.17) is 10.5 Å². The second-order valence-corrected chi connectivity index (χ2v) is 5.89. The standard InChI is InChI=1S/C16H23NO4/c1-16(2,3)21-15(20)12-9-6-8-11(7-4-5-10-17)13(12)14(18)19/h6,8-9H,4-5,7,10,17H2,1-3H3,(H,18,19). The lowest BCUT2D eigenvalue weighted by Crippen LogP contribution is -2.25. The Kier molecular flexibility index (Phi) is 5.90. The van der Waals surface area contributed by atoms with Gasteiger partial charge in [0.15, 0.2) is 0 Å². The number of hydrogen-bond acceptors (Lipinski definition) is 4. The molecular formula is C16H23NO4. The number of rotatable bonds is 6. The maximum atomic E-state index is 12.2. The Morgan fingerprint density at radius 1 is 1.24 bits per heavy atom. The van der Waals surface area contributed by atoms with E-state index in [1.54, 1.807) is 32.9 Å². The van der Waals surface area contributed by atoms with Gasteiger partial charge in [-0.25, -0.2) is 9.59 Å². The molecule has 0 unspecified atom stereocenters. The lowest BCUT2D eigenvalue weighted by atomic mass is 9.97. The average Bonchev–Trinajstić information content (AvgIpc) is 2.36. The molecule has 21 heavy (non-hydrogen) atoms. The third-order valence-corrected chi connectivity index (χ3v) is 2.88. The van der Waals surface area contributed by atoms with Gasteiger partial charge in [-0.15, -0.1) is 0 Å². The van der Waals surface area contributed by atoms with E-state index in [2.05, 4.69) is 0 Å². The minimum absolute atomic E-state index is 0.0313. The van der Waals surface area contributed by atoms with Crippen LogP contribution in [0.5, 0.6) is 0 Å². The summed E-state index contributed by atoms with van der Waals surface area (Å²) in [7, 11) is 0. The summed E-state index contributed by atoms with van der Waals surface area (Å²) in [6, 6.07) is 4.90. The Bertz CT molecular complexity index is 517. The first-order valence-corrected chi connectivity index (χ1v) is 7.05. The van der Waals surface area contributed by atoms with Crippen molar-refractivity contribution in [3.8, 4) is 0 Å². The normalized spacial score (nSPS) is 11.2. The van der Waals surface area contributed by atoms with Gasteiger partial charge in [-0.05, 0) is 58.2 Å². The number of esters is 1. The molecule has 0 aliphatic carbocycles. The number of unbranched alkanes of at least 4 members (excludes halogenated alkanes) is 1. The average molecular weight is 293 g/mol. The minimum Gasteiger partial charge on any atom is -0.478 e. The first-order chi connectivity index (χ1) is 9.76. The topological polar surface area (TPSA) is 89.6 Å². The predicted octanol–water partition coefficient (Wildman–Crippen LogP) is 2.62. The van der Waals surface area contributed by atoms with Crippen molar-refractivity contribution in [2.75, 3.05) is 6.54 Å². The maximum absolute atomic E-state index is 12.2. The van der Waals surface area contributed by atoms with E-state index in [1.165, 1.54) is 6.07 Å².